The van der Waals surface area contributed by atoms with Crippen molar-refractivity contribution < 1.29 is 28.6 Å². The summed E-state index contributed by atoms with van der Waals surface area (Å²) in [5.74, 6) is -0.928. The van der Waals surface area contributed by atoms with Crippen LogP contribution in [0.25, 0.3) is 0 Å². The van der Waals surface area contributed by atoms with Gasteiger partial charge in [-0.15, -0.1) is 0 Å². The van der Waals surface area contributed by atoms with E-state index in [-0.39, 0.29) is 31.1 Å². The zero-order valence-corrected chi connectivity index (χ0v) is 33.4. The van der Waals surface area contributed by atoms with Crippen molar-refractivity contribution in [3.05, 3.63) is 48.6 Å². The van der Waals surface area contributed by atoms with Gasteiger partial charge in [0.25, 0.3) is 0 Å². The molecule has 0 spiro atoms. The summed E-state index contributed by atoms with van der Waals surface area (Å²) >= 11 is 0. The van der Waals surface area contributed by atoms with E-state index in [1.807, 2.05) is 0 Å². The lowest BCUT2D eigenvalue weighted by Gasteiger charge is -2.18. The summed E-state index contributed by atoms with van der Waals surface area (Å²) in [6, 6.07) is 0. The maximum Gasteiger partial charge on any atom is 0.306 e. The first kappa shape index (κ1) is 48.4. The zero-order chi connectivity index (χ0) is 37.3. The molecular weight excluding hydrogens is 636 g/mol. The van der Waals surface area contributed by atoms with Gasteiger partial charge in [-0.05, 0) is 77.0 Å². The molecule has 0 heterocycles. The van der Waals surface area contributed by atoms with Crippen LogP contribution in [0.2, 0.25) is 0 Å². The molecule has 0 aromatic rings. The second-order valence-electron chi connectivity index (χ2n) is 13.9. The molecule has 6 heteroatoms. The molecule has 0 aliphatic rings. The molecule has 0 rings (SSSR count). The number of unbranched alkanes of at least 4 members (excludes halogenated alkanes) is 18. The van der Waals surface area contributed by atoms with Crippen molar-refractivity contribution in [2.24, 2.45) is 0 Å². The fourth-order valence-corrected chi connectivity index (χ4v) is 5.62. The number of carbonyl (C=O) groups is 3. The molecule has 0 aromatic heterocycles. The summed E-state index contributed by atoms with van der Waals surface area (Å²) < 4.78 is 16.5. The largest absolute Gasteiger partial charge is 0.462 e. The molecule has 0 saturated heterocycles. The van der Waals surface area contributed by atoms with Gasteiger partial charge < -0.3 is 14.2 Å². The van der Waals surface area contributed by atoms with E-state index >= 15 is 0 Å². The number of ether oxygens (including phenoxy) is 3. The van der Waals surface area contributed by atoms with Crippen molar-refractivity contribution in [2.45, 2.75) is 207 Å². The first-order valence-corrected chi connectivity index (χ1v) is 21.1. The Morgan fingerprint density at radius 3 is 1.24 bits per heavy atom. The smallest absolute Gasteiger partial charge is 0.306 e. The number of esters is 3. The second-order valence-corrected chi connectivity index (χ2v) is 13.9. The van der Waals surface area contributed by atoms with Crippen molar-refractivity contribution in [1.82, 2.24) is 0 Å². The van der Waals surface area contributed by atoms with E-state index in [2.05, 4.69) is 69.4 Å². The minimum absolute atomic E-state index is 0.0834. The Hall–Kier alpha value is -2.63. The highest BCUT2D eigenvalue weighted by Crippen LogP contribution is 2.12. The van der Waals surface area contributed by atoms with E-state index in [4.69, 9.17) is 14.2 Å². The minimum Gasteiger partial charge on any atom is -0.462 e. The van der Waals surface area contributed by atoms with Crippen LogP contribution in [0.1, 0.15) is 201 Å². The molecule has 0 N–H and O–H groups in total. The highest BCUT2D eigenvalue weighted by Gasteiger charge is 2.19. The molecule has 0 amide bonds. The van der Waals surface area contributed by atoms with Gasteiger partial charge in [-0.3, -0.25) is 14.4 Å². The lowest BCUT2D eigenvalue weighted by atomic mass is 10.1. The summed E-state index contributed by atoms with van der Waals surface area (Å²) in [6.07, 6.45) is 45.5. The van der Waals surface area contributed by atoms with Gasteiger partial charge in [0.05, 0.1) is 0 Å². The van der Waals surface area contributed by atoms with E-state index in [0.717, 1.165) is 116 Å². The third kappa shape index (κ3) is 38.4. The van der Waals surface area contributed by atoms with Crippen LogP contribution in [0.4, 0.5) is 0 Å². The predicted octanol–water partition coefficient (Wildman–Crippen LogP) is 13.2. The third-order valence-corrected chi connectivity index (χ3v) is 8.82. The molecule has 51 heavy (non-hydrogen) atoms. The van der Waals surface area contributed by atoms with Crippen LogP contribution in [-0.4, -0.2) is 37.2 Å². The summed E-state index contributed by atoms with van der Waals surface area (Å²) in [6.45, 7) is 6.38. The summed E-state index contributed by atoms with van der Waals surface area (Å²) in [5.41, 5.74) is 0. The Morgan fingerprint density at radius 2 is 0.765 bits per heavy atom. The highest BCUT2D eigenvalue weighted by atomic mass is 16.6. The van der Waals surface area contributed by atoms with Crippen LogP contribution < -0.4 is 0 Å². The summed E-state index contributed by atoms with van der Waals surface area (Å²) in [7, 11) is 0. The van der Waals surface area contributed by atoms with E-state index in [1.165, 1.54) is 44.9 Å². The average molecular weight is 715 g/mol. The van der Waals surface area contributed by atoms with Gasteiger partial charge in [0.15, 0.2) is 6.10 Å². The van der Waals surface area contributed by atoms with Gasteiger partial charge in [-0.2, -0.15) is 0 Å². The molecule has 0 aliphatic heterocycles. The molecule has 0 aromatic carbocycles. The van der Waals surface area contributed by atoms with Gasteiger partial charge in [-0.1, -0.05) is 153 Å². The molecular formula is C45H78O6. The molecule has 0 aliphatic carbocycles. The molecule has 0 radical (unpaired) electrons. The SMILES string of the molecule is CC/C=C\C/C=C\C/C=C\CCCCCCCC(=O)OCC(COC(=O)CCCCCCC)OC(=O)CCCCCCC/C=C\CCCCCC. The lowest BCUT2D eigenvalue weighted by Crippen LogP contribution is -2.30. The van der Waals surface area contributed by atoms with Crippen molar-refractivity contribution >= 4 is 17.9 Å². The quantitative estimate of drug-likeness (QED) is 0.0276. The zero-order valence-electron chi connectivity index (χ0n) is 33.4. The van der Waals surface area contributed by atoms with Crippen molar-refractivity contribution in [3.8, 4) is 0 Å². The van der Waals surface area contributed by atoms with Gasteiger partial charge in [0.2, 0.25) is 0 Å². The molecule has 0 bridgehead atoms. The number of hydrogen-bond donors (Lipinski definition) is 0. The van der Waals surface area contributed by atoms with Crippen LogP contribution >= 0.6 is 0 Å². The van der Waals surface area contributed by atoms with Crippen LogP contribution in [0.5, 0.6) is 0 Å². The van der Waals surface area contributed by atoms with Crippen LogP contribution in [-0.2, 0) is 28.6 Å². The normalized spacial score (nSPS) is 12.5. The lowest BCUT2D eigenvalue weighted by molar-refractivity contribution is -0.167. The number of carbonyl (C=O) groups excluding carboxylic acids is 3. The molecule has 6 nitrogen and oxygen atoms in total. The first-order chi connectivity index (χ1) is 25.0. The maximum atomic E-state index is 12.6. The Kier molecular flexibility index (Phi) is 38.1. The van der Waals surface area contributed by atoms with Gasteiger partial charge in [0, 0.05) is 19.3 Å². The van der Waals surface area contributed by atoms with Crippen LogP contribution in [0.15, 0.2) is 48.6 Å². The first-order valence-electron chi connectivity index (χ1n) is 21.1. The molecule has 0 fully saturated rings. The van der Waals surface area contributed by atoms with E-state index < -0.39 is 6.10 Å². The van der Waals surface area contributed by atoms with Gasteiger partial charge in [0.1, 0.15) is 13.2 Å². The molecule has 1 unspecified atom stereocenters. The Bertz CT molecular complexity index is 918. The Morgan fingerprint density at radius 1 is 0.412 bits per heavy atom. The average Bonchev–Trinajstić information content (AvgIpc) is 3.12. The van der Waals surface area contributed by atoms with Crippen LogP contribution in [0, 0.1) is 0 Å². The fourth-order valence-electron chi connectivity index (χ4n) is 5.62. The Balaban J connectivity index is 4.30. The molecule has 294 valence electrons. The molecule has 1 atom stereocenters. The topological polar surface area (TPSA) is 78.9 Å². The van der Waals surface area contributed by atoms with Crippen LogP contribution in [0.3, 0.4) is 0 Å². The standard InChI is InChI=1S/C45H78O6/c1-4-7-10-13-15-17-19-21-22-24-25-27-29-32-35-38-44(47)50-41-42(40-49-43(46)37-34-31-12-9-6-3)51-45(48)39-36-33-30-28-26-23-20-18-16-14-11-8-5-2/h7,10,15,17-18,20-22,42H,4-6,8-9,11-14,16,19,23-41H2,1-3H3/b10-7-,17-15-,20-18-,22-21-. The van der Waals surface area contributed by atoms with E-state index in [9.17, 15) is 14.4 Å². The number of allylic oxidation sites excluding steroid dienone is 8. The predicted molar refractivity (Wildman–Crippen MR) is 215 cm³/mol. The van der Waals surface area contributed by atoms with E-state index in [1.54, 1.807) is 0 Å². The van der Waals surface area contributed by atoms with E-state index in [0.29, 0.717) is 19.3 Å². The second kappa shape index (κ2) is 40.1. The monoisotopic (exact) mass is 715 g/mol. The number of hydrogen-bond acceptors (Lipinski definition) is 6. The maximum absolute atomic E-state index is 12.6. The molecule has 0 saturated carbocycles. The summed E-state index contributed by atoms with van der Waals surface area (Å²) in [4.78, 5) is 37.4. The highest BCUT2D eigenvalue weighted by molar-refractivity contribution is 5.71. The van der Waals surface area contributed by atoms with Crippen molar-refractivity contribution in [3.63, 3.8) is 0 Å². The fraction of sp³-hybridized carbons (Fsp3) is 0.756. The minimum atomic E-state index is -0.777. The van der Waals surface area contributed by atoms with Gasteiger partial charge in [-0.25, -0.2) is 0 Å². The van der Waals surface area contributed by atoms with Crippen molar-refractivity contribution in [2.75, 3.05) is 13.2 Å². The Labute approximate surface area is 314 Å². The van der Waals surface area contributed by atoms with Crippen molar-refractivity contribution in [1.29, 1.82) is 0 Å². The third-order valence-electron chi connectivity index (χ3n) is 8.82. The van der Waals surface area contributed by atoms with Gasteiger partial charge >= 0.3 is 17.9 Å². The number of rotatable bonds is 37. The summed E-state index contributed by atoms with van der Waals surface area (Å²) in [5, 5.41) is 0.